The van der Waals surface area contributed by atoms with Crippen molar-refractivity contribution in [3.63, 3.8) is 0 Å². The Bertz CT molecular complexity index is 432. The zero-order valence-electron chi connectivity index (χ0n) is 13.7. The monoisotopic (exact) mass is 292 g/mol. The first kappa shape index (κ1) is 17.4. The van der Waals surface area contributed by atoms with E-state index >= 15 is 0 Å². The SMILES string of the molecule is CCN(CC)CCCN(CC)C(=O)c1cccnc1NC. The van der Waals surface area contributed by atoms with E-state index in [-0.39, 0.29) is 5.91 Å². The Hall–Kier alpha value is -1.62. The molecular weight excluding hydrogens is 264 g/mol. The van der Waals surface area contributed by atoms with Gasteiger partial charge < -0.3 is 15.1 Å². The number of amides is 1. The number of carbonyl (C=O) groups is 1. The van der Waals surface area contributed by atoms with Gasteiger partial charge in [-0.15, -0.1) is 0 Å². The third-order valence-corrected chi connectivity index (χ3v) is 3.74. The van der Waals surface area contributed by atoms with E-state index in [0.717, 1.165) is 39.1 Å². The van der Waals surface area contributed by atoms with Crippen LogP contribution in [0, 0.1) is 0 Å². The lowest BCUT2D eigenvalue weighted by Crippen LogP contribution is -2.34. The van der Waals surface area contributed by atoms with Gasteiger partial charge in [0.25, 0.3) is 5.91 Å². The van der Waals surface area contributed by atoms with Crippen LogP contribution < -0.4 is 5.32 Å². The van der Waals surface area contributed by atoms with Crippen molar-refractivity contribution in [1.82, 2.24) is 14.8 Å². The highest BCUT2D eigenvalue weighted by atomic mass is 16.2. The van der Waals surface area contributed by atoms with E-state index < -0.39 is 0 Å². The first-order valence-corrected chi connectivity index (χ1v) is 7.82. The Kier molecular flexibility index (Phi) is 7.75. The Balaban J connectivity index is 2.65. The molecule has 1 heterocycles. The minimum atomic E-state index is 0.0505. The largest absolute Gasteiger partial charge is 0.372 e. The molecule has 0 aliphatic heterocycles. The summed E-state index contributed by atoms with van der Waals surface area (Å²) in [5.74, 6) is 0.694. The zero-order valence-corrected chi connectivity index (χ0v) is 13.7. The van der Waals surface area contributed by atoms with Crippen molar-refractivity contribution < 1.29 is 4.79 Å². The first-order valence-electron chi connectivity index (χ1n) is 7.82. The smallest absolute Gasteiger partial charge is 0.257 e. The molecule has 1 rings (SSSR count). The van der Waals surface area contributed by atoms with Gasteiger partial charge in [0.2, 0.25) is 0 Å². The average Bonchev–Trinajstić information content (AvgIpc) is 2.54. The van der Waals surface area contributed by atoms with Crippen LogP contribution in [-0.2, 0) is 0 Å². The molecule has 1 amide bonds. The van der Waals surface area contributed by atoms with E-state index in [9.17, 15) is 4.79 Å². The molecule has 21 heavy (non-hydrogen) atoms. The van der Waals surface area contributed by atoms with E-state index in [0.29, 0.717) is 11.4 Å². The van der Waals surface area contributed by atoms with Crippen LogP contribution in [0.5, 0.6) is 0 Å². The van der Waals surface area contributed by atoms with Gasteiger partial charge in [0.05, 0.1) is 5.56 Å². The average molecular weight is 292 g/mol. The quantitative estimate of drug-likeness (QED) is 0.759. The van der Waals surface area contributed by atoms with E-state index in [1.54, 1.807) is 19.3 Å². The van der Waals surface area contributed by atoms with Crippen molar-refractivity contribution >= 4 is 11.7 Å². The summed E-state index contributed by atoms with van der Waals surface area (Å²) in [6.45, 7) is 11.0. The van der Waals surface area contributed by atoms with Gasteiger partial charge in [0.15, 0.2) is 0 Å². The third kappa shape index (κ3) is 5.01. The summed E-state index contributed by atoms with van der Waals surface area (Å²) in [6.07, 6.45) is 2.69. The summed E-state index contributed by atoms with van der Waals surface area (Å²) in [6, 6.07) is 3.63. The molecule has 118 valence electrons. The lowest BCUT2D eigenvalue weighted by Gasteiger charge is -2.24. The Morgan fingerprint density at radius 3 is 2.48 bits per heavy atom. The lowest BCUT2D eigenvalue weighted by molar-refractivity contribution is 0.0758. The second kappa shape index (κ2) is 9.34. The number of hydrogen-bond donors (Lipinski definition) is 1. The maximum absolute atomic E-state index is 12.6. The molecule has 5 heteroatoms. The predicted molar refractivity (Wildman–Crippen MR) is 87.8 cm³/mol. The molecule has 0 radical (unpaired) electrons. The van der Waals surface area contributed by atoms with Crippen molar-refractivity contribution in [2.45, 2.75) is 27.2 Å². The number of nitrogens with one attached hydrogen (secondary N) is 1. The molecule has 0 atom stereocenters. The normalized spacial score (nSPS) is 10.7. The van der Waals surface area contributed by atoms with E-state index in [1.807, 2.05) is 17.9 Å². The highest BCUT2D eigenvalue weighted by molar-refractivity contribution is 5.98. The summed E-state index contributed by atoms with van der Waals surface area (Å²) in [5, 5.41) is 2.98. The van der Waals surface area contributed by atoms with Crippen molar-refractivity contribution in [3.8, 4) is 0 Å². The fourth-order valence-electron chi connectivity index (χ4n) is 2.38. The van der Waals surface area contributed by atoms with E-state index in [1.165, 1.54) is 0 Å². The molecular formula is C16H28N4O. The maximum Gasteiger partial charge on any atom is 0.257 e. The minimum absolute atomic E-state index is 0.0505. The molecule has 0 aromatic carbocycles. The number of pyridine rings is 1. The van der Waals surface area contributed by atoms with Gasteiger partial charge in [-0.2, -0.15) is 0 Å². The van der Waals surface area contributed by atoms with E-state index in [2.05, 4.69) is 29.0 Å². The molecule has 0 aliphatic rings. The summed E-state index contributed by atoms with van der Waals surface area (Å²) < 4.78 is 0. The fourth-order valence-corrected chi connectivity index (χ4v) is 2.38. The lowest BCUT2D eigenvalue weighted by atomic mass is 10.2. The molecule has 1 aromatic rings. The van der Waals surface area contributed by atoms with Gasteiger partial charge in [-0.1, -0.05) is 13.8 Å². The number of nitrogens with zero attached hydrogens (tertiary/aromatic N) is 3. The molecule has 0 fully saturated rings. The Morgan fingerprint density at radius 2 is 1.90 bits per heavy atom. The van der Waals surface area contributed by atoms with Crippen LogP contribution in [0.3, 0.4) is 0 Å². The van der Waals surface area contributed by atoms with Gasteiger partial charge in [-0.25, -0.2) is 4.98 Å². The van der Waals surface area contributed by atoms with E-state index in [4.69, 9.17) is 0 Å². The third-order valence-electron chi connectivity index (χ3n) is 3.74. The molecule has 1 aromatic heterocycles. The highest BCUT2D eigenvalue weighted by Gasteiger charge is 2.17. The number of hydrogen-bond acceptors (Lipinski definition) is 4. The summed E-state index contributed by atoms with van der Waals surface area (Å²) >= 11 is 0. The van der Waals surface area contributed by atoms with Crippen LogP contribution >= 0.6 is 0 Å². The molecule has 0 saturated heterocycles. The van der Waals surface area contributed by atoms with Crippen molar-refractivity contribution in [3.05, 3.63) is 23.9 Å². The second-order valence-electron chi connectivity index (χ2n) is 4.91. The first-order chi connectivity index (χ1) is 10.2. The maximum atomic E-state index is 12.6. The molecule has 0 saturated carbocycles. The number of anilines is 1. The van der Waals surface area contributed by atoms with Crippen LogP contribution in [0.1, 0.15) is 37.6 Å². The number of rotatable bonds is 9. The zero-order chi connectivity index (χ0) is 15.7. The number of aromatic nitrogens is 1. The van der Waals surface area contributed by atoms with Crippen molar-refractivity contribution in [2.75, 3.05) is 45.1 Å². The van der Waals surface area contributed by atoms with Crippen LogP contribution in [0.25, 0.3) is 0 Å². The topological polar surface area (TPSA) is 48.5 Å². The molecule has 0 aliphatic carbocycles. The van der Waals surface area contributed by atoms with Crippen LogP contribution in [0.4, 0.5) is 5.82 Å². The number of carbonyl (C=O) groups excluding carboxylic acids is 1. The second-order valence-corrected chi connectivity index (χ2v) is 4.91. The standard InChI is InChI=1S/C16H28N4O/c1-5-19(6-2)12-9-13-20(7-3)16(21)14-10-8-11-18-15(14)17-4/h8,10-11H,5-7,9,12-13H2,1-4H3,(H,17,18). The summed E-state index contributed by atoms with van der Waals surface area (Å²) in [5.41, 5.74) is 0.643. The fraction of sp³-hybridized carbons (Fsp3) is 0.625. The highest BCUT2D eigenvalue weighted by Crippen LogP contribution is 2.14. The van der Waals surface area contributed by atoms with Crippen LogP contribution in [0.15, 0.2) is 18.3 Å². The molecule has 0 spiro atoms. The van der Waals surface area contributed by atoms with Crippen LogP contribution in [-0.4, -0.2) is 60.5 Å². The predicted octanol–water partition coefficient (Wildman–Crippen LogP) is 2.32. The molecule has 1 N–H and O–H groups in total. The van der Waals surface area contributed by atoms with Crippen molar-refractivity contribution in [1.29, 1.82) is 0 Å². The van der Waals surface area contributed by atoms with Crippen molar-refractivity contribution in [2.24, 2.45) is 0 Å². The van der Waals surface area contributed by atoms with Gasteiger partial charge in [0, 0.05) is 26.3 Å². The molecule has 5 nitrogen and oxygen atoms in total. The van der Waals surface area contributed by atoms with Gasteiger partial charge in [-0.3, -0.25) is 4.79 Å². The van der Waals surface area contributed by atoms with Gasteiger partial charge >= 0.3 is 0 Å². The summed E-state index contributed by atoms with van der Waals surface area (Å²) in [7, 11) is 1.79. The van der Waals surface area contributed by atoms with Gasteiger partial charge in [-0.05, 0) is 45.1 Å². The Labute approximate surface area is 128 Å². The Morgan fingerprint density at radius 1 is 1.19 bits per heavy atom. The van der Waals surface area contributed by atoms with Gasteiger partial charge in [0.1, 0.15) is 5.82 Å². The van der Waals surface area contributed by atoms with Crippen LogP contribution in [0.2, 0.25) is 0 Å². The summed E-state index contributed by atoms with van der Waals surface area (Å²) in [4.78, 5) is 21.1. The molecule has 0 bridgehead atoms. The molecule has 0 unspecified atom stereocenters. The minimum Gasteiger partial charge on any atom is -0.372 e.